The zero-order chi connectivity index (χ0) is 8.85. The van der Waals surface area contributed by atoms with Gasteiger partial charge in [0.25, 0.3) is 0 Å². The molecule has 0 aliphatic heterocycles. The van der Waals surface area contributed by atoms with Crippen LogP contribution < -0.4 is 5.73 Å². The van der Waals surface area contributed by atoms with Gasteiger partial charge in [0.05, 0.1) is 6.10 Å². The molecule has 0 fully saturated rings. The second-order valence-electron chi connectivity index (χ2n) is 2.41. The minimum absolute atomic E-state index is 0.0880. The Kier molecular flexibility index (Phi) is 4.81. The van der Waals surface area contributed by atoms with Crippen molar-refractivity contribution in [3.8, 4) is 0 Å². The summed E-state index contributed by atoms with van der Waals surface area (Å²) in [6, 6.07) is 0. The van der Waals surface area contributed by atoms with Crippen LogP contribution in [0.2, 0.25) is 0 Å². The van der Waals surface area contributed by atoms with Crippen molar-refractivity contribution in [1.29, 1.82) is 0 Å². The van der Waals surface area contributed by atoms with Crippen LogP contribution in [0, 0.1) is 0 Å². The van der Waals surface area contributed by atoms with E-state index in [0.29, 0.717) is 0 Å². The van der Waals surface area contributed by atoms with Gasteiger partial charge in [-0.3, -0.25) is 0 Å². The van der Waals surface area contributed by atoms with Crippen LogP contribution in [0.1, 0.15) is 20.3 Å². The van der Waals surface area contributed by atoms with E-state index in [1.54, 1.807) is 6.92 Å². The van der Waals surface area contributed by atoms with E-state index >= 15 is 0 Å². The van der Waals surface area contributed by atoms with Crippen LogP contribution in [0.4, 0.5) is 0 Å². The van der Waals surface area contributed by atoms with Crippen LogP contribution in [-0.2, 0) is 9.53 Å². The fourth-order valence-electron chi connectivity index (χ4n) is 0.456. The predicted octanol–water partition coefficient (Wildman–Crippen LogP) is -0.352. The summed E-state index contributed by atoms with van der Waals surface area (Å²) in [5.41, 5.74) is 5.04. The highest BCUT2D eigenvalue weighted by Crippen LogP contribution is 1.98. The molecule has 0 amide bonds. The Bertz CT molecular complexity index is 127. The fourth-order valence-corrected chi connectivity index (χ4v) is 0.456. The molecule has 3 N–H and O–H groups in total. The van der Waals surface area contributed by atoms with Crippen LogP contribution in [0.25, 0.3) is 0 Å². The Morgan fingerprint density at radius 3 is 2.64 bits per heavy atom. The first kappa shape index (κ1) is 10.4. The molecule has 11 heavy (non-hydrogen) atoms. The van der Waals surface area contributed by atoms with Crippen molar-refractivity contribution in [2.45, 2.75) is 32.5 Å². The highest BCUT2D eigenvalue weighted by Gasteiger charge is 2.16. The lowest BCUT2D eigenvalue weighted by Gasteiger charge is -2.12. The summed E-state index contributed by atoms with van der Waals surface area (Å²) in [6.45, 7) is 3.57. The van der Waals surface area contributed by atoms with E-state index in [2.05, 4.69) is 0 Å². The average molecular weight is 161 g/mol. The first-order chi connectivity index (χ1) is 5.11. The van der Waals surface area contributed by atoms with E-state index in [9.17, 15) is 4.79 Å². The van der Waals surface area contributed by atoms with Crippen molar-refractivity contribution < 1.29 is 14.6 Å². The maximum Gasteiger partial charge on any atom is 0.336 e. The Morgan fingerprint density at radius 1 is 1.73 bits per heavy atom. The Labute approximate surface area is 66.3 Å². The van der Waals surface area contributed by atoms with E-state index in [0.717, 1.165) is 6.42 Å². The van der Waals surface area contributed by atoms with Gasteiger partial charge < -0.3 is 15.6 Å². The normalized spacial score (nSPS) is 15.6. The van der Waals surface area contributed by atoms with E-state index < -0.39 is 12.1 Å². The molecule has 0 heterocycles. The second kappa shape index (κ2) is 5.09. The van der Waals surface area contributed by atoms with Gasteiger partial charge in [-0.2, -0.15) is 0 Å². The lowest BCUT2D eigenvalue weighted by atomic mass is 10.3. The Balaban J connectivity index is 3.68. The zero-order valence-corrected chi connectivity index (χ0v) is 6.91. The molecule has 4 heteroatoms. The van der Waals surface area contributed by atoms with Crippen LogP contribution in [0.3, 0.4) is 0 Å². The smallest absolute Gasteiger partial charge is 0.336 e. The molecule has 66 valence electrons. The molecule has 0 aromatic carbocycles. The third-order valence-corrected chi connectivity index (χ3v) is 1.39. The van der Waals surface area contributed by atoms with Gasteiger partial charge in [0.15, 0.2) is 6.10 Å². The Morgan fingerprint density at radius 2 is 2.27 bits per heavy atom. The molecule has 0 aromatic rings. The third-order valence-electron chi connectivity index (χ3n) is 1.39. The zero-order valence-electron chi connectivity index (χ0n) is 6.91. The number of esters is 1. The average Bonchev–Trinajstić information content (AvgIpc) is 2.02. The monoisotopic (exact) mass is 161 g/mol. The van der Waals surface area contributed by atoms with Gasteiger partial charge in [-0.25, -0.2) is 4.79 Å². The standard InChI is InChI=1S/C7H15NO3/c1-3-5(2)11-7(10)6(9)4-8/h5-6,9H,3-4,8H2,1-2H3. The van der Waals surface area contributed by atoms with Crippen molar-refractivity contribution in [2.75, 3.05) is 6.54 Å². The highest BCUT2D eigenvalue weighted by atomic mass is 16.6. The van der Waals surface area contributed by atoms with E-state index in [-0.39, 0.29) is 12.6 Å². The van der Waals surface area contributed by atoms with Crippen molar-refractivity contribution in [1.82, 2.24) is 0 Å². The number of aliphatic hydroxyl groups is 1. The third kappa shape index (κ3) is 3.95. The van der Waals surface area contributed by atoms with Crippen molar-refractivity contribution >= 4 is 5.97 Å². The summed E-state index contributed by atoms with van der Waals surface area (Å²) in [6.07, 6.45) is -0.587. The van der Waals surface area contributed by atoms with Gasteiger partial charge in [0.2, 0.25) is 0 Å². The molecule has 0 saturated carbocycles. The topological polar surface area (TPSA) is 72.5 Å². The van der Waals surface area contributed by atoms with Gasteiger partial charge in [0, 0.05) is 6.54 Å². The molecule has 0 radical (unpaired) electrons. The molecule has 0 aromatic heterocycles. The van der Waals surface area contributed by atoms with Crippen LogP contribution in [0.5, 0.6) is 0 Å². The number of ether oxygens (including phenoxy) is 1. The number of hydrogen-bond acceptors (Lipinski definition) is 4. The molecule has 0 rings (SSSR count). The molecule has 0 aliphatic carbocycles. The molecule has 0 saturated heterocycles. The summed E-state index contributed by atoms with van der Waals surface area (Å²) >= 11 is 0. The second-order valence-corrected chi connectivity index (χ2v) is 2.41. The molecule has 2 atom stereocenters. The summed E-state index contributed by atoms with van der Waals surface area (Å²) in [4.78, 5) is 10.8. The number of aliphatic hydroxyl groups excluding tert-OH is 1. The summed E-state index contributed by atoms with van der Waals surface area (Å²) in [5.74, 6) is -0.637. The van der Waals surface area contributed by atoms with Gasteiger partial charge in [-0.05, 0) is 13.3 Å². The lowest BCUT2D eigenvalue weighted by Crippen LogP contribution is -2.32. The van der Waals surface area contributed by atoms with Crippen LogP contribution in [0.15, 0.2) is 0 Å². The Hall–Kier alpha value is -0.610. The quantitative estimate of drug-likeness (QED) is 0.553. The maximum absolute atomic E-state index is 10.8. The number of hydrogen-bond donors (Lipinski definition) is 2. The molecular formula is C7H15NO3. The number of nitrogens with two attached hydrogens (primary N) is 1. The van der Waals surface area contributed by atoms with Gasteiger partial charge in [-0.1, -0.05) is 6.92 Å². The molecule has 4 nitrogen and oxygen atoms in total. The van der Waals surface area contributed by atoms with Crippen LogP contribution in [-0.4, -0.2) is 29.8 Å². The minimum Gasteiger partial charge on any atom is -0.461 e. The van der Waals surface area contributed by atoms with Crippen molar-refractivity contribution in [2.24, 2.45) is 5.73 Å². The largest absolute Gasteiger partial charge is 0.461 e. The van der Waals surface area contributed by atoms with Gasteiger partial charge in [-0.15, -0.1) is 0 Å². The molecule has 0 aliphatic rings. The SMILES string of the molecule is CCC(C)OC(=O)C(O)CN. The van der Waals surface area contributed by atoms with E-state index in [1.165, 1.54) is 0 Å². The van der Waals surface area contributed by atoms with Gasteiger partial charge >= 0.3 is 5.97 Å². The lowest BCUT2D eigenvalue weighted by molar-refractivity contribution is -0.157. The predicted molar refractivity (Wildman–Crippen MR) is 40.9 cm³/mol. The highest BCUT2D eigenvalue weighted by molar-refractivity contribution is 5.74. The number of carbonyl (C=O) groups is 1. The molecule has 2 unspecified atom stereocenters. The maximum atomic E-state index is 10.8. The molecule has 0 spiro atoms. The van der Waals surface area contributed by atoms with Gasteiger partial charge in [0.1, 0.15) is 0 Å². The number of rotatable bonds is 4. The van der Waals surface area contributed by atoms with E-state index in [1.807, 2.05) is 6.92 Å². The van der Waals surface area contributed by atoms with Crippen LogP contribution >= 0.6 is 0 Å². The van der Waals surface area contributed by atoms with Crippen molar-refractivity contribution in [3.05, 3.63) is 0 Å². The summed E-state index contributed by atoms with van der Waals surface area (Å²) < 4.78 is 4.78. The number of carbonyl (C=O) groups excluding carboxylic acids is 1. The summed E-state index contributed by atoms with van der Waals surface area (Å²) in [7, 11) is 0. The minimum atomic E-state index is -1.18. The first-order valence-corrected chi connectivity index (χ1v) is 3.70. The molecular weight excluding hydrogens is 146 g/mol. The first-order valence-electron chi connectivity index (χ1n) is 3.70. The molecule has 0 bridgehead atoms. The fraction of sp³-hybridized carbons (Fsp3) is 0.857. The van der Waals surface area contributed by atoms with Crippen molar-refractivity contribution in [3.63, 3.8) is 0 Å². The summed E-state index contributed by atoms with van der Waals surface area (Å²) in [5, 5.41) is 8.87. The van der Waals surface area contributed by atoms with E-state index in [4.69, 9.17) is 15.6 Å².